The van der Waals surface area contributed by atoms with Crippen LogP contribution in [0.5, 0.6) is 5.75 Å². The van der Waals surface area contributed by atoms with Gasteiger partial charge >= 0.3 is 5.69 Å². The SMILES string of the molecule is NS(=O)(=O)c1cc([N+](=O)[O-])c(OC2CC2)cn1. The Morgan fingerprint density at radius 1 is 1.53 bits per heavy atom. The fourth-order valence-corrected chi connectivity index (χ4v) is 1.64. The lowest BCUT2D eigenvalue weighted by Crippen LogP contribution is -2.14. The van der Waals surface area contributed by atoms with Crippen LogP contribution >= 0.6 is 0 Å². The summed E-state index contributed by atoms with van der Waals surface area (Å²) in [6.07, 6.45) is 2.62. The van der Waals surface area contributed by atoms with E-state index in [4.69, 9.17) is 9.88 Å². The van der Waals surface area contributed by atoms with Crippen LogP contribution in [0.15, 0.2) is 17.3 Å². The molecule has 1 aliphatic rings. The molecule has 8 nitrogen and oxygen atoms in total. The van der Waals surface area contributed by atoms with Crippen molar-refractivity contribution in [2.24, 2.45) is 5.14 Å². The number of hydrogen-bond donors (Lipinski definition) is 1. The van der Waals surface area contributed by atoms with Crippen molar-refractivity contribution in [3.8, 4) is 5.75 Å². The Hall–Kier alpha value is -1.74. The third-order valence-corrected chi connectivity index (χ3v) is 2.93. The molecule has 1 heterocycles. The van der Waals surface area contributed by atoms with Gasteiger partial charge < -0.3 is 4.74 Å². The average Bonchev–Trinajstić information content (AvgIpc) is 3.00. The van der Waals surface area contributed by atoms with Gasteiger partial charge in [0, 0.05) is 0 Å². The van der Waals surface area contributed by atoms with Gasteiger partial charge in [0.25, 0.3) is 10.0 Å². The van der Waals surface area contributed by atoms with Crippen LogP contribution in [0.4, 0.5) is 5.69 Å². The number of ether oxygens (including phenoxy) is 1. The standard InChI is InChI=1S/C8H9N3O5S/c9-17(14,15)8-3-6(11(12)13)7(4-10-8)16-5-1-2-5/h3-5H,1-2H2,(H2,9,14,15). The molecule has 1 aromatic rings. The summed E-state index contributed by atoms with van der Waals surface area (Å²) in [7, 11) is -4.06. The number of nitro groups is 1. The average molecular weight is 259 g/mol. The Kier molecular flexibility index (Phi) is 2.71. The van der Waals surface area contributed by atoms with Crippen LogP contribution in [0.2, 0.25) is 0 Å². The number of aromatic nitrogens is 1. The normalized spacial score (nSPS) is 15.6. The molecule has 17 heavy (non-hydrogen) atoms. The van der Waals surface area contributed by atoms with E-state index in [2.05, 4.69) is 4.98 Å². The fourth-order valence-electron chi connectivity index (χ4n) is 1.17. The van der Waals surface area contributed by atoms with Crippen molar-refractivity contribution in [1.82, 2.24) is 4.98 Å². The molecular weight excluding hydrogens is 250 g/mol. The first-order chi connectivity index (χ1) is 7.88. The molecule has 0 radical (unpaired) electrons. The number of pyridine rings is 1. The molecule has 0 amide bonds. The van der Waals surface area contributed by atoms with Crippen LogP contribution in [0.25, 0.3) is 0 Å². The first-order valence-corrected chi connectivity index (χ1v) is 6.26. The maximum atomic E-state index is 11.0. The second-order valence-electron chi connectivity index (χ2n) is 3.61. The molecule has 2 rings (SSSR count). The zero-order valence-electron chi connectivity index (χ0n) is 8.57. The topological polar surface area (TPSA) is 125 Å². The zero-order chi connectivity index (χ0) is 12.6. The summed E-state index contributed by atoms with van der Waals surface area (Å²) < 4.78 is 27.3. The highest BCUT2D eigenvalue weighted by atomic mass is 32.2. The molecule has 0 aliphatic heterocycles. The molecule has 2 N–H and O–H groups in total. The largest absolute Gasteiger partial charge is 0.482 e. The molecule has 92 valence electrons. The van der Waals surface area contributed by atoms with Gasteiger partial charge in [-0.05, 0) is 12.8 Å². The second kappa shape index (κ2) is 3.93. The zero-order valence-corrected chi connectivity index (χ0v) is 9.38. The number of sulfonamides is 1. The Balaban J connectivity index is 2.43. The van der Waals surface area contributed by atoms with Gasteiger partial charge in [0.05, 0.1) is 23.3 Å². The number of nitrogens with two attached hydrogens (primary N) is 1. The minimum absolute atomic E-state index is 0.0371. The van der Waals surface area contributed by atoms with E-state index in [0.29, 0.717) is 0 Å². The van der Waals surface area contributed by atoms with Gasteiger partial charge in [0.15, 0.2) is 5.03 Å². The van der Waals surface area contributed by atoms with E-state index >= 15 is 0 Å². The van der Waals surface area contributed by atoms with E-state index in [1.165, 1.54) is 0 Å². The minimum Gasteiger partial charge on any atom is -0.482 e. The van der Waals surface area contributed by atoms with Crippen molar-refractivity contribution >= 4 is 15.7 Å². The third-order valence-electron chi connectivity index (χ3n) is 2.13. The molecule has 0 saturated heterocycles. The molecule has 0 bridgehead atoms. The molecule has 0 atom stereocenters. The van der Waals surface area contributed by atoms with Crippen molar-refractivity contribution in [2.75, 3.05) is 0 Å². The molecule has 0 unspecified atom stereocenters. The van der Waals surface area contributed by atoms with E-state index in [1.54, 1.807) is 0 Å². The molecule has 1 aromatic heterocycles. The van der Waals surface area contributed by atoms with Crippen molar-refractivity contribution in [1.29, 1.82) is 0 Å². The van der Waals surface area contributed by atoms with Crippen LogP contribution in [-0.4, -0.2) is 24.4 Å². The van der Waals surface area contributed by atoms with Crippen LogP contribution < -0.4 is 9.88 Å². The van der Waals surface area contributed by atoms with Crippen LogP contribution in [0.3, 0.4) is 0 Å². The summed E-state index contributed by atoms with van der Waals surface area (Å²) in [5, 5.41) is 15.1. The minimum atomic E-state index is -4.06. The molecule has 9 heteroatoms. The number of rotatable bonds is 4. The van der Waals surface area contributed by atoms with Crippen LogP contribution in [-0.2, 0) is 10.0 Å². The van der Waals surface area contributed by atoms with Gasteiger partial charge in [-0.3, -0.25) is 10.1 Å². The Morgan fingerprint density at radius 2 is 2.18 bits per heavy atom. The predicted octanol–water partition coefficient (Wildman–Crippen LogP) is 0.178. The molecular formula is C8H9N3O5S. The second-order valence-corrected chi connectivity index (χ2v) is 5.12. The quantitative estimate of drug-likeness (QED) is 0.607. The third kappa shape index (κ3) is 2.68. The van der Waals surface area contributed by atoms with E-state index in [-0.39, 0.29) is 11.9 Å². The lowest BCUT2D eigenvalue weighted by molar-refractivity contribution is -0.386. The number of hydrogen-bond acceptors (Lipinski definition) is 6. The first kappa shape index (κ1) is 11.7. The number of primary sulfonamides is 1. The van der Waals surface area contributed by atoms with Crippen molar-refractivity contribution < 1.29 is 18.1 Å². The highest BCUT2D eigenvalue weighted by molar-refractivity contribution is 7.89. The summed E-state index contributed by atoms with van der Waals surface area (Å²) in [6.45, 7) is 0. The van der Waals surface area contributed by atoms with Crippen LogP contribution in [0.1, 0.15) is 12.8 Å². The van der Waals surface area contributed by atoms with Gasteiger partial charge in [-0.25, -0.2) is 18.5 Å². The monoisotopic (exact) mass is 259 g/mol. The highest BCUT2D eigenvalue weighted by Gasteiger charge is 2.28. The summed E-state index contributed by atoms with van der Waals surface area (Å²) in [5.74, 6) is -0.0371. The molecule has 1 aliphatic carbocycles. The molecule has 1 saturated carbocycles. The maximum Gasteiger partial charge on any atom is 0.315 e. The highest BCUT2D eigenvalue weighted by Crippen LogP contribution is 2.33. The maximum absolute atomic E-state index is 11.0. The van der Waals surface area contributed by atoms with Gasteiger partial charge in [0.1, 0.15) is 0 Å². The summed E-state index contributed by atoms with van der Waals surface area (Å²) in [5.41, 5.74) is -0.448. The Morgan fingerprint density at radius 3 is 2.65 bits per heavy atom. The van der Waals surface area contributed by atoms with Gasteiger partial charge in [0.2, 0.25) is 5.75 Å². The van der Waals surface area contributed by atoms with Crippen molar-refractivity contribution in [2.45, 2.75) is 24.0 Å². The molecule has 1 fully saturated rings. The van der Waals surface area contributed by atoms with Crippen LogP contribution in [0, 0.1) is 10.1 Å². The van der Waals surface area contributed by atoms with Crippen molar-refractivity contribution in [3.63, 3.8) is 0 Å². The van der Waals surface area contributed by atoms with Gasteiger partial charge in [-0.2, -0.15) is 0 Å². The van der Waals surface area contributed by atoms with Gasteiger partial charge in [-0.15, -0.1) is 0 Å². The van der Waals surface area contributed by atoms with E-state index < -0.39 is 25.7 Å². The van der Waals surface area contributed by atoms with E-state index in [1.807, 2.05) is 0 Å². The molecule has 0 aromatic carbocycles. The fraction of sp³-hybridized carbons (Fsp3) is 0.375. The molecule has 0 spiro atoms. The predicted molar refractivity (Wildman–Crippen MR) is 55.9 cm³/mol. The smallest absolute Gasteiger partial charge is 0.315 e. The summed E-state index contributed by atoms with van der Waals surface area (Å²) >= 11 is 0. The first-order valence-electron chi connectivity index (χ1n) is 4.72. The lowest BCUT2D eigenvalue weighted by atomic mass is 10.4. The summed E-state index contributed by atoms with van der Waals surface area (Å²) in [4.78, 5) is 13.6. The van der Waals surface area contributed by atoms with E-state index in [9.17, 15) is 18.5 Å². The van der Waals surface area contributed by atoms with Gasteiger partial charge in [-0.1, -0.05) is 0 Å². The van der Waals surface area contributed by atoms with Crippen molar-refractivity contribution in [3.05, 3.63) is 22.4 Å². The van der Waals surface area contributed by atoms with E-state index in [0.717, 1.165) is 25.1 Å². The Labute approximate surface area is 96.6 Å². The lowest BCUT2D eigenvalue weighted by Gasteiger charge is -2.05. The summed E-state index contributed by atoms with van der Waals surface area (Å²) in [6, 6.07) is 0.799. The Bertz CT molecular complexity index is 567. The number of nitrogens with zero attached hydrogens (tertiary/aromatic N) is 2.